The Labute approximate surface area is 313 Å². The van der Waals surface area contributed by atoms with Gasteiger partial charge in [-0.25, -0.2) is 0 Å². The summed E-state index contributed by atoms with van der Waals surface area (Å²) in [7, 11) is 6.93. The number of hydrogen-bond donors (Lipinski definition) is 6. The molecule has 3 aliphatic carbocycles. The smallest absolute Gasteiger partial charge is 0.308 e. The molecule has 296 valence electrons. The monoisotopic (exact) mass is 757 g/mol. The molecule has 5 aliphatic rings. The molecule has 17 heteroatoms. The van der Waals surface area contributed by atoms with Crippen molar-refractivity contribution < 1.29 is 58.2 Å². The van der Waals surface area contributed by atoms with Crippen molar-refractivity contribution in [3.8, 4) is 5.75 Å². The predicted molar refractivity (Wildman–Crippen MR) is 193 cm³/mol. The maximum atomic E-state index is 13.8. The van der Waals surface area contributed by atoms with E-state index in [0.29, 0.717) is 11.3 Å². The summed E-state index contributed by atoms with van der Waals surface area (Å²) in [6, 6.07) is 0.631. The number of benzene rings is 1. The van der Waals surface area contributed by atoms with Gasteiger partial charge in [0.15, 0.2) is 11.4 Å². The van der Waals surface area contributed by atoms with Crippen LogP contribution in [0.1, 0.15) is 52.2 Å². The van der Waals surface area contributed by atoms with Crippen LogP contribution in [0.25, 0.3) is 0 Å². The lowest BCUT2D eigenvalue weighted by Gasteiger charge is -2.58. The largest absolute Gasteiger partial charge is 0.510 e. The van der Waals surface area contributed by atoms with Crippen LogP contribution < -0.4 is 25.6 Å². The fourth-order valence-corrected chi connectivity index (χ4v) is 8.72. The first kappa shape index (κ1) is 39.6. The van der Waals surface area contributed by atoms with Crippen molar-refractivity contribution >= 4 is 35.1 Å². The summed E-state index contributed by atoms with van der Waals surface area (Å²) in [5, 5.41) is 46.1. The first-order chi connectivity index (χ1) is 25.2. The number of nitrogens with one attached hydrogen (secondary N) is 3. The molecule has 1 aromatic rings. The van der Waals surface area contributed by atoms with E-state index in [9.17, 15) is 34.5 Å². The molecular weight excluding hydrogens is 706 g/mol. The number of hydrogen-bond acceptors (Lipinski definition) is 15. The van der Waals surface area contributed by atoms with Crippen molar-refractivity contribution in [2.45, 2.75) is 76.2 Å². The van der Waals surface area contributed by atoms with Crippen LogP contribution in [0.2, 0.25) is 0 Å². The standard InChI is InChI=1S/C37H51N5O12/c1-18(43)39-33(48)28-30(46)29(42(8)9)22-15-20-14-21-24(41(6)7)16-23(40-25(45)17-38-34(3,4)5)31(54-19(2)44)27(21)36(50-10-11-51-36)26(20)32(47)35(22,49)37(28)52-12-13-53-37/h16,20,22,29,38,46-47,49H,10-15,17H2,1-9H3,(H,40,45)(H,39,43,48)/t20-,22-,29-,35-/m0/s1. The van der Waals surface area contributed by atoms with E-state index in [1.165, 1.54) is 6.92 Å². The fourth-order valence-electron chi connectivity index (χ4n) is 8.72. The van der Waals surface area contributed by atoms with Gasteiger partial charge in [-0.2, -0.15) is 0 Å². The minimum absolute atomic E-state index is 0.0269. The quantitative estimate of drug-likeness (QED) is 0.170. The van der Waals surface area contributed by atoms with Crippen LogP contribution in [0.3, 0.4) is 0 Å². The summed E-state index contributed by atoms with van der Waals surface area (Å²) >= 11 is 0. The van der Waals surface area contributed by atoms with Gasteiger partial charge in [0.25, 0.3) is 5.91 Å². The number of ether oxygens (including phenoxy) is 5. The van der Waals surface area contributed by atoms with Gasteiger partial charge in [-0.3, -0.25) is 29.4 Å². The molecule has 6 rings (SSSR count). The van der Waals surface area contributed by atoms with E-state index >= 15 is 0 Å². The molecule has 0 saturated carbocycles. The Bertz CT molecular complexity index is 1820. The van der Waals surface area contributed by atoms with Gasteiger partial charge in [-0.15, -0.1) is 0 Å². The molecule has 3 amide bonds. The maximum Gasteiger partial charge on any atom is 0.308 e. The molecule has 4 atom stereocenters. The van der Waals surface area contributed by atoms with Crippen LogP contribution in [0.4, 0.5) is 11.4 Å². The van der Waals surface area contributed by atoms with E-state index in [1.807, 2.05) is 39.8 Å². The summed E-state index contributed by atoms with van der Waals surface area (Å²) in [6.07, 6.45) is 0.286. The zero-order valence-corrected chi connectivity index (χ0v) is 32.2. The number of fused-ring (bicyclic) bond motifs is 6. The van der Waals surface area contributed by atoms with E-state index in [1.54, 1.807) is 25.1 Å². The van der Waals surface area contributed by atoms with Crippen molar-refractivity contribution in [1.82, 2.24) is 15.5 Å². The van der Waals surface area contributed by atoms with E-state index in [0.717, 1.165) is 6.92 Å². The molecule has 2 fully saturated rings. The number of likely N-dealkylation sites (N-methyl/N-ethyl adjacent to an activating group) is 1. The third-order valence-electron chi connectivity index (χ3n) is 10.6. The fraction of sp³-hybridized carbons (Fsp3) is 0.622. The number of aliphatic hydroxyl groups is 3. The summed E-state index contributed by atoms with van der Waals surface area (Å²) in [5.74, 6) is -10.3. The number of amides is 3. The van der Waals surface area contributed by atoms with Gasteiger partial charge >= 0.3 is 5.97 Å². The number of anilines is 2. The number of rotatable bonds is 7. The van der Waals surface area contributed by atoms with Gasteiger partial charge in [0.2, 0.25) is 23.4 Å². The van der Waals surface area contributed by atoms with Crippen molar-refractivity contribution in [3.63, 3.8) is 0 Å². The lowest BCUT2D eigenvalue weighted by atomic mass is 9.56. The number of imide groups is 1. The third-order valence-corrected chi connectivity index (χ3v) is 10.6. The van der Waals surface area contributed by atoms with Crippen molar-refractivity contribution in [2.75, 3.05) is 71.4 Å². The van der Waals surface area contributed by atoms with Gasteiger partial charge < -0.3 is 54.5 Å². The minimum Gasteiger partial charge on any atom is -0.510 e. The van der Waals surface area contributed by atoms with E-state index < -0.39 is 75.8 Å². The highest BCUT2D eigenvalue weighted by atomic mass is 16.8. The number of esters is 1. The summed E-state index contributed by atoms with van der Waals surface area (Å²) in [4.78, 5) is 55.5. The second-order valence-corrected chi connectivity index (χ2v) is 15.8. The Morgan fingerprint density at radius 3 is 2.13 bits per heavy atom. The molecule has 1 aromatic carbocycles. The number of carbonyl (C=O) groups is 4. The van der Waals surface area contributed by atoms with E-state index in [2.05, 4.69) is 16.0 Å². The Balaban J connectivity index is 1.64. The Kier molecular flexibility index (Phi) is 10.2. The average Bonchev–Trinajstić information content (AvgIpc) is 3.73. The Hall–Kier alpha value is -4.10. The van der Waals surface area contributed by atoms with Gasteiger partial charge in [0.1, 0.15) is 17.1 Å². The molecule has 2 heterocycles. The van der Waals surface area contributed by atoms with Crippen LogP contribution in [0.5, 0.6) is 5.75 Å². The molecule has 2 saturated heterocycles. The Morgan fingerprint density at radius 1 is 0.981 bits per heavy atom. The Morgan fingerprint density at radius 2 is 1.59 bits per heavy atom. The normalized spacial score (nSPS) is 26.8. The number of nitrogens with zero attached hydrogens (tertiary/aromatic N) is 2. The molecule has 0 bridgehead atoms. The SMILES string of the molecule is CC(=O)NC(=O)C1=C(O)[C@@H](N(C)C)[C@@H]2C[C@@H]3Cc4c(N(C)C)cc(NC(=O)CNC(C)(C)C)c(OC(C)=O)c4C4(OCCO4)C3=C(O)[C@]2(O)C12OCCO2. The third kappa shape index (κ3) is 6.15. The van der Waals surface area contributed by atoms with E-state index in [4.69, 9.17) is 23.7 Å². The van der Waals surface area contributed by atoms with Gasteiger partial charge in [0, 0.05) is 50.7 Å². The van der Waals surface area contributed by atoms with Crippen molar-refractivity contribution in [3.05, 3.63) is 39.9 Å². The van der Waals surface area contributed by atoms with Crippen LogP contribution in [0.15, 0.2) is 28.7 Å². The molecule has 6 N–H and O–H groups in total. The average molecular weight is 758 g/mol. The zero-order valence-electron chi connectivity index (χ0n) is 32.2. The van der Waals surface area contributed by atoms with Gasteiger partial charge in [-0.1, -0.05) is 0 Å². The minimum atomic E-state index is -2.57. The first-order valence-corrected chi connectivity index (χ1v) is 17.9. The molecule has 54 heavy (non-hydrogen) atoms. The van der Waals surface area contributed by atoms with Gasteiger partial charge in [-0.05, 0) is 65.3 Å². The van der Waals surface area contributed by atoms with Crippen LogP contribution >= 0.6 is 0 Å². The highest BCUT2D eigenvalue weighted by molar-refractivity contribution is 6.05. The second-order valence-electron chi connectivity index (χ2n) is 15.8. The van der Waals surface area contributed by atoms with Crippen LogP contribution in [-0.4, -0.2) is 128 Å². The summed E-state index contributed by atoms with van der Waals surface area (Å²) < 4.78 is 31.1. The highest BCUT2D eigenvalue weighted by Gasteiger charge is 2.75. The maximum absolute atomic E-state index is 13.8. The molecule has 2 spiro atoms. The molecule has 0 radical (unpaired) electrons. The number of carbonyl (C=O) groups excluding carboxylic acids is 4. The zero-order chi connectivity index (χ0) is 39.7. The molecule has 2 aliphatic heterocycles. The topological polar surface area (TPSA) is 218 Å². The van der Waals surface area contributed by atoms with Crippen LogP contribution in [-0.2, 0) is 50.3 Å². The molecular formula is C37H51N5O12. The van der Waals surface area contributed by atoms with Gasteiger partial charge in [0.05, 0.1) is 50.3 Å². The predicted octanol–water partition coefficient (Wildman–Crippen LogP) is 1.10. The summed E-state index contributed by atoms with van der Waals surface area (Å²) in [5.41, 5.74) is -1.83. The van der Waals surface area contributed by atoms with Crippen molar-refractivity contribution in [1.29, 1.82) is 0 Å². The number of aliphatic hydroxyl groups excluding tert-OH is 2. The molecule has 0 aromatic heterocycles. The molecule has 17 nitrogen and oxygen atoms in total. The highest BCUT2D eigenvalue weighted by Crippen LogP contribution is 2.64. The van der Waals surface area contributed by atoms with Crippen LogP contribution in [0, 0.1) is 11.8 Å². The first-order valence-electron chi connectivity index (χ1n) is 17.9. The summed E-state index contributed by atoms with van der Waals surface area (Å²) in [6.45, 7) is 7.81. The molecule has 0 unspecified atom stereocenters. The van der Waals surface area contributed by atoms with Crippen molar-refractivity contribution in [2.24, 2.45) is 11.8 Å². The lowest BCUT2D eigenvalue weighted by molar-refractivity contribution is -0.281. The van der Waals surface area contributed by atoms with E-state index in [-0.39, 0.29) is 73.9 Å². The lowest BCUT2D eigenvalue weighted by Crippen LogP contribution is -2.72. The second kappa shape index (κ2) is 13.9.